The number of rotatable bonds is 4. The summed E-state index contributed by atoms with van der Waals surface area (Å²) < 4.78 is 14.5. The van der Waals surface area contributed by atoms with Crippen LogP contribution in [0.4, 0.5) is 4.39 Å². The third-order valence-electron chi connectivity index (χ3n) is 3.67. The average molecular weight is 313 g/mol. The summed E-state index contributed by atoms with van der Waals surface area (Å²) in [7, 11) is 0. The number of fused-ring (bicyclic) bond motifs is 1. The van der Waals surface area contributed by atoms with Crippen molar-refractivity contribution in [2.75, 3.05) is 6.54 Å². The second-order valence-corrected chi connectivity index (χ2v) is 6.37. The first-order valence-electron chi connectivity index (χ1n) is 7.16. The van der Waals surface area contributed by atoms with Gasteiger partial charge < -0.3 is 5.32 Å². The number of halogens is 1. The van der Waals surface area contributed by atoms with E-state index in [0.29, 0.717) is 16.8 Å². The molecule has 1 aromatic heterocycles. The van der Waals surface area contributed by atoms with E-state index in [1.807, 2.05) is 36.4 Å². The van der Waals surface area contributed by atoms with Crippen LogP contribution in [0.1, 0.15) is 28.1 Å². The van der Waals surface area contributed by atoms with Crippen LogP contribution in [0.15, 0.2) is 54.6 Å². The number of carbonyl (C=O) groups excluding carboxylic acids is 1. The van der Waals surface area contributed by atoms with Gasteiger partial charge in [-0.25, -0.2) is 4.39 Å². The van der Waals surface area contributed by atoms with Crippen molar-refractivity contribution in [1.82, 2.24) is 5.32 Å². The monoisotopic (exact) mass is 313 g/mol. The Balaban J connectivity index is 1.70. The van der Waals surface area contributed by atoms with Crippen LogP contribution < -0.4 is 5.32 Å². The summed E-state index contributed by atoms with van der Waals surface area (Å²) in [6.07, 6.45) is 0. The molecule has 0 aliphatic carbocycles. The van der Waals surface area contributed by atoms with E-state index in [4.69, 9.17) is 0 Å². The molecule has 3 rings (SSSR count). The Labute approximate surface area is 132 Å². The average Bonchev–Trinajstić information content (AvgIpc) is 2.99. The number of carbonyl (C=O) groups is 1. The Morgan fingerprint density at radius 1 is 1.18 bits per heavy atom. The minimum Gasteiger partial charge on any atom is -0.351 e. The highest BCUT2D eigenvalue weighted by Crippen LogP contribution is 2.27. The van der Waals surface area contributed by atoms with E-state index in [1.165, 1.54) is 23.0 Å². The fraction of sp³-hybridized carbons (Fsp3) is 0.167. The zero-order valence-electron chi connectivity index (χ0n) is 12.2. The standard InChI is InChI=1S/C18H16FNOS/c1-12(13-6-3-2-4-7-13)11-20-18(21)17-10-14-15(19)8-5-9-16(14)22-17/h2-10,12H,11H2,1H3,(H,20,21). The molecule has 2 nitrogen and oxygen atoms in total. The summed E-state index contributed by atoms with van der Waals surface area (Å²) >= 11 is 1.31. The van der Waals surface area contributed by atoms with Gasteiger partial charge in [0.15, 0.2) is 0 Å². The normalized spacial score (nSPS) is 12.3. The highest BCUT2D eigenvalue weighted by atomic mass is 32.1. The lowest BCUT2D eigenvalue weighted by Gasteiger charge is -2.12. The van der Waals surface area contributed by atoms with Crippen molar-refractivity contribution in [2.45, 2.75) is 12.8 Å². The molecule has 0 bridgehead atoms. The van der Waals surface area contributed by atoms with Gasteiger partial charge in [0.1, 0.15) is 5.82 Å². The van der Waals surface area contributed by atoms with E-state index in [9.17, 15) is 9.18 Å². The molecule has 0 fully saturated rings. The summed E-state index contributed by atoms with van der Waals surface area (Å²) in [5.74, 6) is -0.204. The van der Waals surface area contributed by atoms with Gasteiger partial charge in [-0.05, 0) is 29.7 Å². The molecule has 0 aliphatic heterocycles. The minimum absolute atomic E-state index is 0.150. The first-order valence-corrected chi connectivity index (χ1v) is 7.98. The number of hydrogen-bond acceptors (Lipinski definition) is 2. The first-order chi connectivity index (χ1) is 10.6. The third kappa shape index (κ3) is 3.02. The molecule has 1 N–H and O–H groups in total. The summed E-state index contributed by atoms with van der Waals surface area (Å²) in [4.78, 5) is 12.8. The lowest BCUT2D eigenvalue weighted by atomic mass is 10.0. The van der Waals surface area contributed by atoms with Gasteiger partial charge in [0, 0.05) is 16.6 Å². The molecule has 112 valence electrons. The second-order valence-electron chi connectivity index (χ2n) is 5.28. The van der Waals surface area contributed by atoms with Gasteiger partial charge in [-0.1, -0.05) is 43.3 Å². The third-order valence-corrected chi connectivity index (χ3v) is 4.77. The fourth-order valence-electron chi connectivity index (χ4n) is 2.37. The van der Waals surface area contributed by atoms with E-state index in [0.717, 1.165) is 4.70 Å². The smallest absolute Gasteiger partial charge is 0.261 e. The highest BCUT2D eigenvalue weighted by Gasteiger charge is 2.13. The van der Waals surface area contributed by atoms with Crippen molar-refractivity contribution >= 4 is 27.3 Å². The lowest BCUT2D eigenvalue weighted by molar-refractivity contribution is 0.0956. The molecule has 0 saturated carbocycles. The lowest BCUT2D eigenvalue weighted by Crippen LogP contribution is -2.26. The topological polar surface area (TPSA) is 29.1 Å². The van der Waals surface area contributed by atoms with Gasteiger partial charge in [-0.15, -0.1) is 11.3 Å². The summed E-state index contributed by atoms with van der Waals surface area (Å²) in [6, 6.07) is 16.6. The molecule has 4 heteroatoms. The van der Waals surface area contributed by atoms with Crippen molar-refractivity contribution in [3.05, 3.63) is 70.9 Å². The quantitative estimate of drug-likeness (QED) is 0.751. The molecule has 1 unspecified atom stereocenters. The van der Waals surface area contributed by atoms with E-state index in [1.54, 1.807) is 12.1 Å². The Morgan fingerprint density at radius 3 is 2.68 bits per heavy atom. The molecule has 0 saturated heterocycles. The Morgan fingerprint density at radius 2 is 1.95 bits per heavy atom. The van der Waals surface area contributed by atoms with Crippen molar-refractivity contribution in [3.8, 4) is 0 Å². The molecular formula is C18H16FNOS. The molecule has 22 heavy (non-hydrogen) atoms. The number of benzene rings is 2. The van der Waals surface area contributed by atoms with Crippen molar-refractivity contribution in [1.29, 1.82) is 0 Å². The molecular weight excluding hydrogens is 297 g/mol. The zero-order chi connectivity index (χ0) is 15.5. The molecule has 0 aliphatic rings. The van der Waals surface area contributed by atoms with Gasteiger partial charge in [0.05, 0.1) is 4.88 Å². The Bertz CT molecular complexity index is 797. The molecule has 0 spiro atoms. The van der Waals surface area contributed by atoms with Gasteiger partial charge in [0.25, 0.3) is 5.91 Å². The van der Waals surface area contributed by atoms with Gasteiger partial charge in [-0.3, -0.25) is 4.79 Å². The molecule has 0 radical (unpaired) electrons. The Hall–Kier alpha value is -2.20. The summed E-state index contributed by atoms with van der Waals surface area (Å²) in [5, 5.41) is 3.43. The van der Waals surface area contributed by atoms with Gasteiger partial charge >= 0.3 is 0 Å². The Kier molecular flexibility index (Phi) is 4.20. The summed E-state index contributed by atoms with van der Waals surface area (Å²) in [6.45, 7) is 2.62. The van der Waals surface area contributed by atoms with E-state index in [2.05, 4.69) is 12.2 Å². The second kappa shape index (κ2) is 6.28. The maximum atomic E-state index is 13.7. The van der Waals surface area contributed by atoms with Crippen LogP contribution in [0.2, 0.25) is 0 Å². The van der Waals surface area contributed by atoms with Crippen LogP contribution in [0, 0.1) is 5.82 Å². The predicted octanol–water partition coefficient (Wildman–Crippen LogP) is 4.57. The van der Waals surface area contributed by atoms with Crippen LogP contribution in [0.25, 0.3) is 10.1 Å². The molecule has 1 amide bonds. The number of nitrogens with one attached hydrogen (secondary N) is 1. The molecule has 2 aromatic carbocycles. The number of amides is 1. The number of hydrogen-bond donors (Lipinski definition) is 1. The SMILES string of the molecule is CC(CNC(=O)c1cc2c(F)cccc2s1)c1ccccc1. The summed E-state index contributed by atoms with van der Waals surface area (Å²) in [5.41, 5.74) is 1.19. The van der Waals surface area contributed by atoms with E-state index >= 15 is 0 Å². The fourth-order valence-corrected chi connectivity index (χ4v) is 3.36. The number of thiophene rings is 1. The maximum absolute atomic E-state index is 13.7. The van der Waals surface area contributed by atoms with Crippen LogP contribution in [-0.2, 0) is 0 Å². The van der Waals surface area contributed by atoms with E-state index in [-0.39, 0.29) is 17.6 Å². The van der Waals surface area contributed by atoms with Crippen molar-refractivity contribution < 1.29 is 9.18 Å². The van der Waals surface area contributed by atoms with Crippen molar-refractivity contribution in [2.24, 2.45) is 0 Å². The van der Waals surface area contributed by atoms with Gasteiger partial charge in [-0.2, -0.15) is 0 Å². The predicted molar refractivity (Wildman–Crippen MR) is 89.0 cm³/mol. The zero-order valence-corrected chi connectivity index (χ0v) is 13.0. The first kappa shape index (κ1) is 14.7. The largest absolute Gasteiger partial charge is 0.351 e. The highest BCUT2D eigenvalue weighted by molar-refractivity contribution is 7.20. The maximum Gasteiger partial charge on any atom is 0.261 e. The van der Waals surface area contributed by atoms with Crippen LogP contribution in [0.5, 0.6) is 0 Å². The van der Waals surface area contributed by atoms with Crippen molar-refractivity contribution in [3.63, 3.8) is 0 Å². The molecule has 1 atom stereocenters. The van der Waals surface area contributed by atoms with Gasteiger partial charge in [0.2, 0.25) is 0 Å². The van der Waals surface area contributed by atoms with E-state index < -0.39 is 0 Å². The minimum atomic E-state index is -0.287. The van der Waals surface area contributed by atoms with Crippen LogP contribution in [0.3, 0.4) is 0 Å². The van der Waals surface area contributed by atoms with Crippen LogP contribution >= 0.6 is 11.3 Å². The molecule has 3 aromatic rings. The molecule has 1 heterocycles. The van der Waals surface area contributed by atoms with Crippen LogP contribution in [-0.4, -0.2) is 12.5 Å².